The number of amides is 2. The van der Waals surface area contributed by atoms with E-state index < -0.39 is 16.7 Å². The topological polar surface area (TPSA) is 113 Å². The monoisotopic (exact) mass is 351 g/mol. The molecule has 0 fully saturated rings. The Morgan fingerprint density at radius 2 is 1.85 bits per heavy atom. The highest BCUT2D eigenvalue weighted by molar-refractivity contribution is 6.30. The van der Waals surface area contributed by atoms with E-state index in [9.17, 15) is 24.8 Å². The standard InChI is InChI=1S/C18H13N3O5/c1-11-15(10-12-6-8-13(9-7-12)21(25)26)18(24)20(19-11)17(23)14-4-2-3-5-16(14)22/h2-10,22H,1H3/b15-10-. The Morgan fingerprint density at radius 1 is 1.19 bits per heavy atom. The van der Waals surface area contributed by atoms with Crippen LogP contribution in [0.5, 0.6) is 5.75 Å². The Bertz CT molecular complexity index is 977. The summed E-state index contributed by atoms with van der Waals surface area (Å²) in [5.41, 5.74) is 0.991. The predicted molar refractivity (Wildman–Crippen MR) is 93.5 cm³/mol. The molecule has 0 radical (unpaired) electrons. The van der Waals surface area contributed by atoms with E-state index in [0.29, 0.717) is 16.3 Å². The van der Waals surface area contributed by atoms with Crippen LogP contribution in [0.1, 0.15) is 22.8 Å². The quantitative estimate of drug-likeness (QED) is 0.395. The number of nitrogens with zero attached hydrogens (tertiary/aromatic N) is 3. The number of carbonyl (C=O) groups excluding carboxylic acids is 2. The molecule has 0 aromatic heterocycles. The number of benzene rings is 2. The van der Waals surface area contributed by atoms with Crippen molar-refractivity contribution in [1.82, 2.24) is 5.01 Å². The molecule has 0 saturated heterocycles. The molecular formula is C18H13N3O5. The van der Waals surface area contributed by atoms with E-state index in [1.54, 1.807) is 19.1 Å². The van der Waals surface area contributed by atoms with Gasteiger partial charge in [0.15, 0.2) is 0 Å². The first kappa shape index (κ1) is 17.0. The van der Waals surface area contributed by atoms with E-state index >= 15 is 0 Å². The van der Waals surface area contributed by atoms with Crippen LogP contribution in [0.25, 0.3) is 6.08 Å². The van der Waals surface area contributed by atoms with Crippen LogP contribution < -0.4 is 0 Å². The van der Waals surface area contributed by atoms with Crippen molar-refractivity contribution in [3.8, 4) is 5.75 Å². The van der Waals surface area contributed by atoms with Crippen molar-refractivity contribution in [2.24, 2.45) is 5.10 Å². The highest BCUT2D eigenvalue weighted by Crippen LogP contribution is 2.24. The third-order valence-electron chi connectivity index (χ3n) is 3.80. The van der Waals surface area contributed by atoms with Gasteiger partial charge in [0.2, 0.25) is 0 Å². The molecule has 8 heteroatoms. The Balaban J connectivity index is 1.89. The van der Waals surface area contributed by atoms with Gasteiger partial charge in [-0.2, -0.15) is 10.1 Å². The lowest BCUT2D eigenvalue weighted by molar-refractivity contribution is -0.384. The van der Waals surface area contributed by atoms with Crippen molar-refractivity contribution in [2.45, 2.75) is 6.92 Å². The molecule has 2 aromatic carbocycles. The molecule has 0 spiro atoms. The molecule has 26 heavy (non-hydrogen) atoms. The van der Waals surface area contributed by atoms with Crippen LogP contribution in [-0.2, 0) is 4.79 Å². The van der Waals surface area contributed by atoms with Gasteiger partial charge in [0.05, 0.1) is 21.8 Å². The number of nitro benzene ring substituents is 1. The fourth-order valence-electron chi connectivity index (χ4n) is 2.45. The molecule has 130 valence electrons. The average molecular weight is 351 g/mol. The minimum atomic E-state index is -0.737. The van der Waals surface area contributed by atoms with Crippen LogP contribution in [0.3, 0.4) is 0 Å². The molecule has 1 aliphatic rings. The fourth-order valence-corrected chi connectivity index (χ4v) is 2.45. The first-order valence-corrected chi connectivity index (χ1v) is 7.57. The number of phenols is 1. The summed E-state index contributed by atoms with van der Waals surface area (Å²) in [7, 11) is 0. The van der Waals surface area contributed by atoms with Gasteiger partial charge in [-0.3, -0.25) is 19.7 Å². The summed E-state index contributed by atoms with van der Waals surface area (Å²) < 4.78 is 0. The molecule has 1 N–H and O–H groups in total. The first-order chi connectivity index (χ1) is 12.4. The van der Waals surface area contributed by atoms with Gasteiger partial charge in [-0.05, 0) is 42.8 Å². The van der Waals surface area contributed by atoms with E-state index in [1.165, 1.54) is 42.5 Å². The van der Waals surface area contributed by atoms with Gasteiger partial charge in [0.1, 0.15) is 5.75 Å². The number of hydrogen-bond donors (Lipinski definition) is 1. The first-order valence-electron chi connectivity index (χ1n) is 7.57. The second kappa shape index (κ2) is 6.60. The molecule has 1 heterocycles. The van der Waals surface area contributed by atoms with E-state index in [1.807, 2.05) is 0 Å². The maximum Gasteiger partial charge on any atom is 0.285 e. The van der Waals surface area contributed by atoms with E-state index in [2.05, 4.69) is 5.10 Å². The number of para-hydroxylation sites is 1. The highest BCUT2D eigenvalue weighted by atomic mass is 16.6. The van der Waals surface area contributed by atoms with Crippen LogP contribution in [0.4, 0.5) is 5.69 Å². The van der Waals surface area contributed by atoms with Gasteiger partial charge in [-0.25, -0.2) is 0 Å². The van der Waals surface area contributed by atoms with Crippen molar-refractivity contribution < 1.29 is 19.6 Å². The lowest BCUT2D eigenvalue weighted by Gasteiger charge is -2.10. The number of imide groups is 1. The molecule has 0 atom stereocenters. The number of nitro groups is 1. The summed E-state index contributed by atoms with van der Waals surface area (Å²) in [5, 5.41) is 25.2. The maximum atomic E-state index is 12.6. The zero-order chi connectivity index (χ0) is 18.8. The Kier molecular flexibility index (Phi) is 4.32. The van der Waals surface area contributed by atoms with E-state index in [0.717, 1.165) is 0 Å². The van der Waals surface area contributed by atoms with Crippen molar-refractivity contribution in [3.05, 3.63) is 75.3 Å². The molecule has 0 saturated carbocycles. The Hall–Kier alpha value is -3.81. The van der Waals surface area contributed by atoms with Gasteiger partial charge < -0.3 is 5.11 Å². The van der Waals surface area contributed by atoms with E-state index in [-0.39, 0.29) is 22.6 Å². The van der Waals surface area contributed by atoms with Crippen molar-refractivity contribution in [1.29, 1.82) is 0 Å². The molecular weight excluding hydrogens is 338 g/mol. The largest absolute Gasteiger partial charge is 0.507 e. The summed E-state index contributed by atoms with van der Waals surface area (Å²) in [6, 6.07) is 11.5. The third kappa shape index (κ3) is 3.07. The molecule has 0 unspecified atom stereocenters. The number of hydrazone groups is 1. The molecule has 0 bridgehead atoms. The average Bonchev–Trinajstić information content (AvgIpc) is 2.90. The number of rotatable bonds is 3. The van der Waals surface area contributed by atoms with E-state index in [4.69, 9.17) is 0 Å². The number of carbonyl (C=O) groups is 2. The lowest BCUT2D eigenvalue weighted by atomic mass is 10.1. The van der Waals surface area contributed by atoms with Crippen molar-refractivity contribution >= 4 is 29.3 Å². The number of aromatic hydroxyl groups is 1. The van der Waals surface area contributed by atoms with Crippen LogP contribution in [0.2, 0.25) is 0 Å². The van der Waals surface area contributed by atoms with Gasteiger partial charge >= 0.3 is 0 Å². The van der Waals surface area contributed by atoms with Crippen LogP contribution in [0, 0.1) is 10.1 Å². The molecule has 3 rings (SSSR count). The minimum absolute atomic E-state index is 0.0333. The van der Waals surface area contributed by atoms with Crippen LogP contribution in [-0.4, -0.2) is 32.6 Å². The van der Waals surface area contributed by atoms with Gasteiger partial charge in [0, 0.05) is 12.1 Å². The maximum absolute atomic E-state index is 12.6. The summed E-state index contributed by atoms with van der Waals surface area (Å²) >= 11 is 0. The van der Waals surface area contributed by atoms with Crippen molar-refractivity contribution in [2.75, 3.05) is 0 Å². The molecule has 2 amide bonds. The predicted octanol–water partition coefficient (Wildman–Crippen LogP) is 2.74. The Labute approximate surface area is 147 Å². The minimum Gasteiger partial charge on any atom is -0.507 e. The van der Waals surface area contributed by atoms with Gasteiger partial charge in [-0.15, -0.1) is 0 Å². The van der Waals surface area contributed by atoms with Crippen molar-refractivity contribution in [3.63, 3.8) is 0 Å². The Morgan fingerprint density at radius 3 is 2.46 bits per heavy atom. The molecule has 1 aliphatic heterocycles. The molecule has 2 aromatic rings. The third-order valence-corrected chi connectivity index (χ3v) is 3.80. The normalized spacial score (nSPS) is 15.3. The summed E-state index contributed by atoms with van der Waals surface area (Å²) in [6.07, 6.45) is 1.50. The van der Waals surface area contributed by atoms with Crippen LogP contribution in [0.15, 0.2) is 59.2 Å². The highest BCUT2D eigenvalue weighted by Gasteiger charge is 2.33. The zero-order valence-electron chi connectivity index (χ0n) is 13.6. The lowest BCUT2D eigenvalue weighted by Crippen LogP contribution is -2.29. The number of phenolic OH excluding ortho intramolecular Hbond substituents is 1. The number of hydrogen-bond acceptors (Lipinski definition) is 6. The zero-order valence-corrected chi connectivity index (χ0v) is 13.6. The SMILES string of the molecule is CC1=NN(C(=O)c2ccccc2O)C(=O)/C1=C\c1ccc([N+](=O)[O-])cc1. The molecule has 0 aliphatic carbocycles. The fraction of sp³-hybridized carbons (Fsp3) is 0.0556. The van der Waals surface area contributed by atoms with Gasteiger partial charge in [-0.1, -0.05) is 12.1 Å². The smallest absolute Gasteiger partial charge is 0.285 e. The second-order valence-electron chi connectivity index (χ2n) is 5.53. The van der Waals surface area contributed by atoms with Crippen LogP contribution >= 0.6 is 0 Å². The molecule has 8 nitrogen and oxygen atoms in total. The number of non-ortho nitro benzene ring substituents is 1. The summed E-state index contributed by atoms with van der Waals surface area (Å²) in [4.78, 5) is 35.2. The summed E-state index contributed by atoms with van der Waals surface area (Å²) in [5.74, 6) is -1.61. The second-order valence-corrected chi connectivity index (χ2v) is 5.53. The summed E-state index contributed by atoms with van der Waals surface area (Å²) in [6.45, 7) is 1.58. The van der Waals surface area contributed by atoms with Gasteiger partial charge in [0.25, 0.3) is 17.5 Å².